The summed E-state index contributed by atoms with van der Waals surface area (Å²) in [7, 11) is -4.03. The van der Waals surface area contributed by atoms with Gasteiger partial charge >= 0.3 is 0 Å². The van der Waals surface area contributed by atoms with E-state index in [1.165, 1.54) is 54.9 Å². The number of rotatable bonds is 8. The second-order valence-corrected chi connectivity index (χ2v) is 8.43. The van der Waals surface area contributed by atoms with E-state index in [0.29, 0.717) is 11.3 Å². The molecule has 0 radical (unpaired) electrons. The molecular formula is C21H19N5O5S. The Kier molecular flexibility index (Phi) is 6.90. The quantitative estimate of drug-likeness (QED) is 0.316. The van der Waals surface area contributed by atoms with E-state index in [9.17, 15) is 23.3 Å². The van der Waals surface area contributed by atoms with Gasteiger partial charge in [0, 0.05) is 18.3 Å². The predicted octanol–water partition coefficient (Wildman–Crippen LogP) is 2.73. The Morgan fingerprint density at radius 1 is 1.09 bits per heavy atom. The molecule has 0 bridgehead atoms. The lowest BCUT2D eigenvalue weighted by molar-refractivity contribution is -0.384. The van der Waals surface area contributed by atoms with E-state index in [0.717, 1.165) is 4.31 Å². The van der Waals surface area contributed by atoms with Gasteiger partial charge in [-0.25, -0.2) is 13.8 Å². The normalized spacial score (nSPS) is 11.6. The van der Waals surface area contributed by atoms with Crippen molar-refractivity contribution < 1.29 is 18.1 Å². The van der Waals surface area contributed by atoms with Crippen LogP contribution in [0.25, 0.3) is 0 Å². The van der Waals surface area contributed by atoms with Gasteiger partial charge in [0.1, 0.15) is 6.54 Å². The number of hydrogen-bond donors (Lipinski definition) is 1. The first-order valence-electron chi connectivity index (χ1n) is 9.35. The molecule has 11 heteroatoms. The molecule has 10 nitrogen and oxygen atoms in total. The molecule has 1 heterocycles. The van der Waals surface area contributed by atoms with Crippen LogP contribution in [-0.4, -0.2) is 36.5 Å². The van der Waals surface area contributed by atoms with Crippen molar-refractivity contribution in [3.63, 3.8) is 0 Å². The Morgan fingerprint density at radius 2 is 1.78 bits per heavy atom. The molecular weight excluding hydrogens is 434 g/mol. The number of nitro benzene ring substituents is 1. The predicted molar refractivity (Wildman–Crippen MR) is 119 cm³/mol. The molecule has 164 valence electrons. The van der Waals surface area contributed by atoms with Crippen LogP contribution in [0, 0.1) is 10.1 Å². The maximum absolute atomic E-state index is 13.1. The zero-order valence-corrected chi connectivity index (χ0v) is 17.8. The van der Waals surface area contributed by atoms with Gasteiger partial charge in [0.15, 0.2) is 0 Å². The Labute approximate surface area is 184 Å². The van der Waals surface area contributed by atoms with Crippen LogP contribution in [-0.2, 0) is 14.8 Å². The van der Waals surface area contributed by atoms with Crippen LogP contribution in [0.5, 0.6) is 0 Å². The van der Waals surface area contributed by atoms with Crippen molar-refractivity contribution in [1.29, 1.82) is 0 Å². The van der Waals surface area contributed by atoms with Crippen LogP contribution in [0.1, 0.15) is 12.5 Å². The van der Waals surface area contributed by atoms with Gasteiger partial charge in [0.25, 0.3) is 21.6 Å². The molecule has 0 saturated heterocycles. The van der Waals surface area contributed by atoms with Gasteiger partial charge in [0.2, 0.25) is 0 Å². The number of amides is 1. The van der Waals surface area contributed by atoms with Crippen LogP contribution in [0.15, 0.2) is 89.1 Å². The number of anilines is 1. The molecule has 1 aromatic heterocycles. The number of nitro groups is 1. The summed E-state index contributed by atoms with van der Waals surface area (Å²) in [6, 6.07) is 16.5. The van der Waals surface area contributed by atoms with E-state index in [4.69, 9.17) is 0 Å². The molecule has 0 aliphatic heterocycles. The molecule has 0 atom stereocenters. The van der Waals surface area contributed by atoms with Gasteiger partial charge < -0.3 is 0 Å². The van der Waals surface area contributed by atoms with Crippen LogP contribution >= 0.6 is 0 Å². The highest BCUT2D eigenvalue weighted by molar-refractivity contribution is 7.92. The summed E-state index contributed by atoms with van der Waals surface area (Å²) in [4.78, 5) is 26.8. The fourth-order valence-corrected chi connectivity index (χ4v) is 4.17. The Morgan fingerprint density at radius 3 is 2.38 bits per heavy atom. The number of pyridine rings is 1. The average Bonchev–Trinajstić information content (AvgIpc) is 2.82. The number of aromatic nitrogens is 1. The highest BCUT2D eigenvalue weighted by Gasteiger charge is 2.27. The van der Waals surface area contributed by atoms with Gasteiger partial charge in [-0.05, 0) is 48.9 Å². The largest absolute Gasteiger partial charge is 0.271 e. The molecule has 0 aliphatic carbocycles. The highest BCUT2D eigenvalue weighted by atomic mass is 32.2. The summed E-state index contributed by atoms with van der Waals surface area (Å²) in [5, 5.41) is 14.7. The van der Waals surface area contributed by atoms with Gasteiger partial charge in [-0.3, -0.25) is 24.2 Å². The molecule has 0 fully saturated rings. The van der Waals surface area contributed by atoms with E-state index in [2.05, 4.69) is 15.5 Å². The molecule has 3 aromatic rings. The molecule has 0 aliphatic rings. The minimum absolute atomic E-state index is 0.0298. The Balaban J connectivity index is 1.80. The number of hydrogen-bond acceptors (Lipinski definition) is 7. The number of non-ortho nitro benzene ring substituents is 1. The first kappa shape index (κ1) is 22.6. The average molecular weight is 453 g/mol. The highest BCUT2D eigenvalue weighted by Crippen LogP contribution is 2.22. The van der Waals surface area contributed by atoms with Gasteiger partial charge in [-0.2, -0.15) is 5.10 Å². The monoisotopic (exact) mass is 453 g/mol. The van der Waals surface area contributed by atoms with E-state index >= 15 is 0 Å². The van der Waals surface area contributed by atoms with Crippen molar-refractivity contribution in [3.8, 4) is 0 Å². The molecule has 32 heavy (non-hydrogen) atoms. The first-order chi connectivity index (χ1) is 15.3. The van der Waals surface area contributed by atoms with Crippen LogP contribution in [0.3, 0.4) is 0 Å². The van der Waals surface area contributed by atoms with E-state index in [-0.39, 0.29) is 16.3 Å². The fraction of sp³-hybridized carbons (Fsp3) is 0.0952. The van der Waals surface area contributed by atoms with E-state index in [1.54, 1.807) is 31.2 Å². The first-order valence-corrected chi connectivity index (χ1v) is 10.8. The van der Waals surface area contributed by atoms with Crippen molar-refractivity contribution in [2.45, 2.75) is 11.8 Å². The zero-order valence-electron chi connectivity index (χ0n) is 17.0. The summed E-state index contributed by atoms with van der Waals surface area (Å²) >= 11 is 0. The van der Waals surface area contributed by atoms with Gasteiger partial charge in [0.05, 0.1) is 27.4 Å². The number of carbonyl (C=O) groups is 1. The SMILES string of the molecule is C/C(=N/NC(=O)CN(c1cccnc1)S(=O)(=O)c1ccccc1)c1ccc([N+](=O)[O-])cc1. The minimum Gasteiger partial charge on any atom is -0.271 e. The van der Waals surface area contributed by atoms with Crippen LogP contribution in [0.4, 0.5) is 11.4 Å². The number of hydrazone groups is 1. The molecule has 3 rings (SSSR count). The lowest BCUT2D eigenvalue weighted by Gasteiger charge is -2.23. The van der Waals surface area contributed by atoms with Gasteiger partial charge in [-0.1, -0.05) is 18.2 Å². The smallest absolute Gasteiger partial charge is 0.269 e. The number of sulfonamides is 1. The summed E-state index contributed by atoms with van der Waals surface area (Å²) < 4.78 is 27.2. The third-order valence-corrected chi connectivity index (χ3v) is 6.18. The number of carbonyl (C=O) groups excluding carboxylic acids is 1. The molecule has 2 aromatic carbocycles. The minimum atomic E-state index is -4.03. The third kappa shape index (κ3) is 5.32. The van der Waals surface area contributed by atoms with Gasteiger partial charge in [-0.15, -0.1) is 0 Å². The second kappa shape index (κ2) is 9.79. The molecule has 1 N–H and O–H groups in total. The second-order valence-electron chi connectivity index (χ2n) is 6.57. The zero-order chi connectivity index (χ0) is 23.1. The third-order valence-electron chi connectivity index (χ3n) is 4.40. The number of nitrogens with one attached hydrogen (secondary N) is 1. The number of benzene rings is 2. The van der Waals surface area contributed by atoms with Crippen LogP contribution < -0.4 is 9.73 Å². The number of nitrogens with zero attached hydrogens (tertiary/aromatic N) is 4. The van der Waals surface area contributed by atoms with Crippen molar-refractivity contribution in [2.24, 2.45) is 5.10 Å². The summed E-state index contributed by atoms with van der Waals surface area (Å²) in [5.41, 5.74) is 3.45. The topological polar surface area (TPSA) is 135 Å². The standard InChI is InChI=1S/C21H19N5O5S/c1-16(17-9-11-18(12-10-17)26(28)29)23-24-21(27)15-25(19-6-5-13-22-14-19)32(30,31)20-7-3-2-4-8-20/h2-14H,15H2,1H3,(H,24,27)/b23-16-. The van der Waals surface area contributed by atoms with Crippen molar-refractivity contribution >= 4 is 33.0 Å². The lowest BCUT2D eigenvalue weighted by atomic mass is 10.1. The van der Waals surface area contributed by atoms with Crippen molar-refractivity contribution in [3.05, 3.63) is 94.8 Å². The summed E-state index contributed by atoms with van der Waals surface area (Å²) in [6.45, 7) is 1.08. The van der Waals surface area contributed by atoms with Crippen molar-refractivity contribution in [2.75, 3.05) is 10.8 Å². The van der Waals surface area contributed by atoms with E-state index < -0.39 is 27.4 Å². The maximum Gasteiger partial charge on any atom is 0.269 e. The van der Waals surface area contributed by atoms with E-state index in [1.807, 2.05) is 0 Å². The summed E-state index contributed by atoms with van der Waals surface area (Å²) in [6.07, 6.45) is 2.84. The van der Waals surface area contributed by atoms with Crippen LogP contribution in [0.2, 0.25) is 0 Å². The fourth-order valence-electron chi connectivity index (χ4n) is 2.74. The molecule has 0 spiro atoms. The summed E-state index contributed by atoms with van der Waals surface area (Å²) in [5.74, 6) is -0.672. The molecule has 0 unspecified atom stereocenters. The maximum atomic E-state index is 13.1. The Bertz CT molecular complexity index is 1230. The molecule has 1 amide bonds. The lowest BCUT2D eigenvalue weighted by Crippen LogP contribution is -2.39. The Hall–Kier alpha value is -4.12. The molecule has 0 saturated carbocycles. The van der Waals surface area contributed by atoms with Crippen molar-refractivity contribution in [1.82, 2.24) is 10.4 Å².